The molecule has 0 fully saturated rings. The van der Waals surface area contributed by atoms with Gasteiger partial charge in [0, 0.05) is 0 Å². The summed E-state index contributed by atoms with van der Waals surface area (Å²) < 4.78 is 21.3. The van der Waals surface area contributed by atoms with E-state index in [4.69, 9.17) is 18.9 Å². The summed E-state index contributed by atoms with van der Waals surface area (Å²) in [6, 6.07) is 7.95. The van der Waals surface area contributed by atoms with Crippen LogP contribution in [0.15, 0.2) is 35.4 Å². The fraction of sp³-hybridized carbons (Fsp3) is 0.222. The molecule has 10 heteroatoms. The molecule has 0 spiro atoms. The van der Waals surface area contributed by atoms with Crippen LogP contribution in [0.25, 0.3) is 0 Å². The van der Waals surface area contributed by atoms with Crippen LogP contribution in [0.5, 0.6) is 23.0 Å². The maximum Gasteiger partial charge on any atom is 0.282 e. The van der Waals surface area contributed by atoms with Gasteiger partial charge in [0.15, 0.2) is 23.0 Å². The fourth-order valence-electron chi connectivity index (χ4n) is 2.80. The Morgan fingerprint density at radius 2 is 1.79 bits per heavy atom. The van der Waals surface area contributed by atoms with E-state index in [9.17, 15) is 14.9 Å². The smallest absolute Gasteiger partial charge is 0.282 e. The average molecular weight is 385 g/mol. The average Bonchev–Trinajstić information content (AvgIpc) is 3.14. The quantitative estimate of drug-likeness (QED) is 0.473. The van der Waals surface area contributed by atoms with Crippen LogP contribution < -0.4 is 24.4 Å². The molecule has 2 aliphatic rings. The number of nitro benzene ring substituents is 1. The van der Waals surface area contributed by atoms with E-state index in [0.29, 0.717) is 36.2 Å². The van der Waals surface area contributed by atoms with Gasteiger partial charge in [0.1, 0.15) is 13.2 Å². The van der Waals surface area contributed by atoms with Gasteiger partial charge in [-0.05, 0) is 23.8 Å². The zero-order chi connectivity index (χ0) is 19.5. The Hall–Kier alpha value is -3.82. The van der Waals surface area contributed by atoms with E-state index in [1.54, 1.807) is 18.2 Å². The highest BCUT2D eigenvalue weighted by Gasteiger charge is 2.22. The summed E-state index contributed by atoms with van der Waals surface area (Å²) in [5.74, 6) is 1.54. The molecule has 1 N–H and O–H groups in total. The molecule has 0 radical (unpaired) electrons. The number of hydrazone groups is 1. The SMILES string of the molecule is O=C(Cc1ccc2c(c1)OCCO2)N/N=C\c1cc2c(cc1[N+](=O)[O-])OCO2. The van der Waals surface area contributed by atoms with Gasteiger partial charge in [-0.15, -0.1) is 0 Å². The van der Waals surface area contributed by atoms with Crippen molar-refractivity contribution in [2.45, 2.75) is 6.42 Å². The van der Waals surface area contributed by atoms with E-state index in [0.717, 1.165) is 5.56 Å². The second-order valence-corrected chi connectivity index (χ2v) is 5.97. The first-order valence-electron chi connectivity index (χ1n) is 8.38. The molecule has 144 valence electrons. The van der Waals surface area contributed by atoms with Crippen LogP contribution in [0.2, 0.25) is 0 Å². The first-order valence-corrected chi connectivity index (χ1v) is 8.38. The molecule has 4 rings (SSSR count). The summed E-state index contributed by atoms with van der Waals surface area (Å²) in [5, 5.41) is 15.0. The lowest BCUT2D eigenvalue weighted by Crippen LogP contribution is -2.20. The first kappa shape index (κ1) is 17.6. The Kier molecular flexibility index (Phi) is 4.67. The number of amides is 1. The second kappa shape index (κ2) is 7.43. The number of hydrogen-bond acceptors (Lipinski definition) is 8. The van der Waals surface area contributed by atoms with Gasteiger partial charge in [-0.25, -0.2) is 5.43 Å². The highest BCUT2D eigenvalue weighted by molar-refractivity contribution is 5.88. The van der Waals surface area contributed by atoms with Gasteiger partial charge in [-0.1, -0.05) is 6.07 Å². The Morgan fingerprint density at radius 1 is 1.07 bits per heavy atom. The topological polar surface area (TPSA) is 122 Å². The number of rotatable bonds is 5. The lowest BCUT2D eigenvalue weighted by atomic mass is 10.1. The second-order valence-electron chi connectivity index (χ2n) is 5.97. The molecule has 10 nitrogen and oxygen atoms in total. The van der Waals surface area contributed by atoms with E-state index < -0.39 is 4.92 Å². The van der Waals surface area contributed by atoms with Gasteiger partial charge < -0.3 is 18.9 Å². The molecule has 0 saturated heterocycles. The summed E-state index contributed by atoms with van der Waals surface area (Å²) in [6.07, 6.45) is 1.26. The molecule has 2 aromatic rings. The third-order valence-electron chi connectivity index (χ3n) is 4.08. The predicted octanol–water partition coefficient (Wildman–Crippen LogP) is 1.79. The minimum Gasteiger partial charge on any atom is -0.486 e. The van der Waals surface area contributed by atoms with Crippen molar-refractivity contribution in [2.75, 3.05) is 20.0 Å². The summed E-state index contributed by atoms with van der Waals surface area (Å²) in [7, 11) is 0. The van der Waals surface area contributed by atoms with Crippen LogP contribution >= 0.6 is 0 Å². The van der Waals surface area contributed by atoms with Gasteiger partial charge in [0.2, 0.25) is 12.7 Å². The molecule has 28 heavy (non-hydrogen) atoms. The Labute approximate surface area is 158 Å². The largest absolute Gasteiger partial charge is 0.486 e. The fourth-order valence-corrected chi connectivity index (χ4v) is 2.80. The Balaban J connectivity index is 1.42. The molecule has 0 saturated carbocycles. The Bertz CT molecular complexity index is 974. The van der Waals surface area contributed by atoms with Gasteiger partial charge in [0.25, 0.3) is 5.69 Å². The molecule has 0 unspecified atom stereocenters. The van der Waals surface area contributed by atoms with Crippen LogP contribution in [0.1, 0.15) is 11.1 Å². The number of nitrogens with zero attached hydrogens (tertiary/aromatic N) is 2. The van der Waals surface area contributed by atoms with E-state index in [2.05, 4.69) is 10.5 Å². The van der Waals surface area contributed by atoms with Crippen molar-refractivity contribution >= 4 is 17.8 Å². The van der Waals surface area contributed by atoms with Crippen LogP contribution in [0, 0.1) is 10.1 Å². The summed E-state index contributed by atoms with van der Waals surface area (Å²) in [6.45, 7) is 0.953. The van der Waals surface area contributed by atoms with Gasteiger partial charge in [-0.3, -0.25) is 14.9 Å². The molecular formula is C18H15N3O7. The third kappa shape index (κ3) is 3.65. The summed E-state index contributed by atoms with van der Waals surface area (Å²) in [4.78, 5) is 22.8. The lowest BCUT2D eigenvalue weighted by molar-refractivity contribution is -0.385. The number of carbonyl (C=O) groups is 1. The molecule has 0 aliphatic carbocycles. The first-order chi connectivity index (χ1) is 13.6. The van der Waals surface area contributed by atoms with Crippen LogP contribution in [-0.4, -0.2) is 37.1 Å². The minimum atomic E-state index is -0.555. The van der Waals surface area contributed by atoms with Crippen molar-refractivity contribution in [2.24, 2.45) is 5.10 Å². The zero-order valence-electron chi connectivity index (χ0n) is 14.5. The highest BCUT2D eigenvalue weighted by atomic mass is 16.7. The molecule has 0 bridgehead atoms. The number of hydrogen-bond donors (Lipinski definition) is 1. The normalized spacial score (nSPS) is 14.1. The van der Waals surface area contributed by atoms with Crippen molar-refractivity contribution in [3.05, 3.63) is 51.6 Å². The molecule has 0 aromatic heterocycles. The van der Waals surface area contributed by atoms with Crippen LogP contribution in [-0.2, 0) is 11.2 Å². The summed E-state index contributed by atoms with van der Waals surface area (Å²) in [5.41, 5.74) is 3.07. The number of carbonyl (C=O) groups excluding carboxylic acids is 1. The van der Waals surface area contributed by atoms with E-state index >= 15 is 0 Å². The van der Waals surface area contributed by atoms with Crippen molar-refractivity contribution in [3.63, 3.8) is 0 Å². The number of nitro groups is 1. The molecular weight excluding hydrogens is 370 g/mol. The lowest BCUT2D eigenvalue weighted by Gasteiger charge is -2.18. The van der Waals surface area contributed by atoms with Gasteiger partial charge in [-0.2, -0.15) is 5.10 Å². The molecule has 2 aliphatic heterocycles. The maximum absolute atomic E-state index is 12.1. The third-order valence-corrected chi connectivity index (χ3v) is 4.08. The van der Waals surface area contributed by atoms with Crippen LogP contribution in [0.4, 0.5) is 5.69 Å². The van der Waals surface area contributed by atoms with Crippen molar-refractivity contribution in [3.8, 4) is 23.0 Å². The molecule has 2 heterocycles. The molecule has 1 amide bonds. The van der Waals surface area contributed by atoms with Crippen molar-refractivity contribution in [1.29, 1.82) is 0 Å². The number of fused-ring (bicyclic) bond motifs is 2. The monoisotopic (exact) mass is 385 g/mol. The highest BCUT2D eigenvalue weighted by Crippen LogP contribution is 2.37. The molecule has 2 aromatic carbocycles. The minimum absolute atomic E-state index is 0.000643. The number of nitrogens with one attached hydrogen (secondary N) is 1. The Morgan fingerprint density at radius 3 is 2.57 bits per heavy atom. The number of benzene rings is 2. The predicted molar refractivity (Wildman–Crippen MR) is 96.1 cm³/mol. The standard InChI is InChI=1S/C18H15N3O7/c22-18(6-11-1-2-14-15(5-11)26-4-3-25-14)20-19-9-12-7-16-17(28-10-27-16)8-13(12)21(23)24/h1-2,5,7-9H,3-4,6,10H2,(H,20,22)/b19-9-. The summed E-state index contributed by atoms with van der Waals surface area (Å²) >= 11 is 0. The van der Waals surface area contributed by atoms with Gasteiger partial charge in [0.05, 0.1) is 29.2 Å². The van der Waals surface area contributed by atoms with Crippen molar-refractivity contribution < 1.29 is 28.7 Å². The van der Waals surface area contributed by atoms with Gasteiger partial charge >= 0.3 is 0 Å². The van der Waals surface area contributed by atoms with E-state index in [1.165, 1.54) is 18.3 Å². The molecule has 0 atom stereocenters. The van der Waals surface area contributed by atoms with E-state index in [1.807, 2.05) is 0 Å². The maximum atomic E-state index is 12.1. The van der Waals surface area contributed by atoms with Crippen molar-refractivity contribution in [1.82, 2.24) is 5.43 Å². The zero-order valence-corrected chi connectivity index (χ0v) is 14.5. The number of ether oxygens (including phenoxy) is 4. The van der Waals surface area contributed by atoms with Crippen LogP contribution in [0.3, 0.4) is 0 Å². The van der Waals surface area contributed by atoms with E-state index in [-0.39, 0.29) is 30.4 Å².